The molecule has 0 atom stereocenters. The molecule has 132 valence electrons. The lowest BCUT2D eigenvalue weighted by Gasteiger charge is -2.14. The van der Waals surface area contributed by atoms with E-state index < -0.39 is 11.8 Å². The summed E-state index contributed by atoms with van der Waals surface area (Å²) in [5, 5.41) is 0.505. The first-order valence-electron chi connectivity index (χ1n) is 7.76. The maximum absolute atomic E-state index is 14.8. The van der Waals surface area contributed by atoms with Crippen molar-refractivity contribution in [2.75, 3.05) is 7.11 Å². The second kappa shape index (κ2) is 5.62. The average Bonchev–Trinajstić information content (AvgIpc) is 2.85. The predicted molar refractivity (Wildman–Crippen MR) is 93.2 cm³/mol. The van der Waals surface area contributed by atoms with Crippen LogP contribution in [0.5, 0.6) is 5.75 Å². The van der Waals surface area contributed by atoms with E-state index >= 15 is 0 Å². The van der Waals surface area contributed by atoms with Gasteiger partial charge in [-0.2, -0.15) is 4.39 Å². The van der Waals surface area contributed by atoms with Crippen molar-refractivity contribution in [2.24, 2.45) is 14.1 Å². The number of aryl methyl sites for hydroxylation is 2. The van der Waals surface area contributed by atoms with Crippen molar-refractivity contribution in [3.8, 4) is 16.9 Å². The molecule has 0 spiro atoms. The highest BCUT2D eigenvalue weighted by molar-refractivity contribution is 6.08. The number of pyridine rings is 2. The van der Waals surface area contributed by atoms with Gasteiger partial charge in [0, 0.05) is 31.9 Å². The fourth-order valence-corrected chi connectivity index (χ4v) is 3.27. The first-order valence-corrected chi connectivity index (χ1v) is 7.76. The molecule has 4 rings (SSSR count). The van der Waals surface area contributed by atoms with Gasteiger partial charge in [0.25, 0.3) is 0 Å². The van der Waals surface area contributed by atoms with Crippen molar-refractivity contribution in [3.05, 3.63) is 52.8 Å². The van der Waals surface area contributed by atoms with Crippen LogP contribution in [0, 0.1) is 11.8 Å². The van der Waals surface area contributed by atoms with Gasteiger partial charge in [-0.1, -0.05) is 0 Å². The molecule has 8 heteroatoms. The topological polar surface area (TPSA) is 61.9 Å². The fraction of sp³-hybridized carbons (Fsp3) is 0.167. The van der Waals surface area contributed by atoms with Crippen molar-refractivity contribution < 1.29 is 13.5 Å². The highest BCUT2D eigenvalue weighted by atomic mass is 19.1. The molecular weight excluding hydrogens is 342 g/mol. The minimum absolute atomic E-state index is 0.137. The van der Waals surface area contributed by atoms with Crippen LogP contribution in [0.25, 0.3) is 33.1 Å². The number of halogens is 2. The molecule has 0 unspecified atom stereocenters. The minimum Gasteiger partial charge on any atom is -0.495 e. The lowest BCUT2D eigenvalue weighted by Crippen LogP contribution is -2.19. The van der Waals surface area contributed by atoms with Gasteiger partial charge in [-0.3, -0.25) is 14.1 Å². The van der Waals surface area contributed by atoms with Crippen molar-refractivity contribution in [1.82, 2.24) is 19.1 Å². The summed E-state index contributed by atoms with van der Waals surface area (Å²) >= 11 is 0. The standard InChI is InChI=1S/C18H14F2N4O2/c1-23-12-8-21-11-6-10(19)14(9-4-5-13(20)22-7-9)17(26-3)15(11)16(12)24(2)18(23)25/h4-8H,1-3H3. The lowest BCUT2D eigenvalue weighted by atomic mass is 10.0. The second-order valence-corrected chi connectivity index (χ2v) is 5.92. The Balaban J connectivity index is 2.22. The molecule has 0 radical (unpaired) electrons. The third kappa shape index (κ3) is 2.11. The zero-order valence-corrected chi connectivity index (χ0v) is 14.2. The summed E-state index contributed by atoms with van der Waals surface area (Å²) in [5.41, 5.74) is 1.80. The van der Waals surface area contributed by atoms with Crippen molar-refractivity contribution in [3.63, 3.8) is 0 Å². The van der Waals surface area contributed by atoms with Gasteiger partial charge in [-0.25, -0.2) is 14.2 Å². The number of rotatable bonds is 2. The molecule has 0 aliphatic heterocycles. The molecule has 4 aromatic rings. The van der Waals surface area contributed by atoms with Crippen molar-refractivity contribution in [2.45, 2.75) is 0 Å². The van der Waals surface area contributed by atoms with E-state index in [4.69, 9.17) is 4.74 Å². The first-order chi connectivity index (χ1) is 12.4. The van der Waals surface area contributed by atoms with Gasteiger partial charge in [-0.05, 0) is 12.1 Å². The van der Waals surface area contributed by atoms with Crippen molar-refractivity contribution >= 4 is 21.9 Å². The van der Waals surface area contributed by atoms with Gasteiger partial charge in [-0.15, -0.1) is 0 Å². The van der Waals surface area contributed by atoms with E-state index in [1.807, 2.05) is 0 Å². The van der Waals surface area contributed by atoms with Crippen LogP contribution in [0.2, 0.25) is 0 Å². The summed E-state index contributed by atoms with van der Waals surface area (Å²) in [6, 6.07) is 3.84. The molecule has 3 aromatic heterocycles. The Morgan fingerprint density at radius 2 is 1.85 bits per heavy atom. The van der Waals surface area contributed by atoms with Crippen LogP contribution in [-0.2, 0) is 14.1 Å². The molecule has 0 aliphatic carbocycles. The summed E-state index contributed by atoms with van der Waals surface area (Å²) in [6.07, 6.45) is 2.76. The zero-order valence-electron chi connectivity index (χ0n) is 14.2. The number of methoxy groups -OCH3 is 1. The minimum atomic E-state index is -0.663. The Hall–Kier alpha value is -3.29. The van der Waals surface area contributed by atoms with Crippen LogP contribution in [0.15, 0.2) is 35.4 Å². The molecule has 1 aromatic carbocycles. The van der Waals surface area contributed by atoms with Crippen LogP contribution in [0.3, 0.4) is 0 Å². The van der Waals surface area contributed by atoms with Gasteiger partial charge in [0.1, 0.15) is 11.6 Å². The number of fused-ring (bicyclic) bond motifs is 3. The third-order valence-corrected chi connectivity index (χ3v) is 4.51. The molecule has 3 heterocycles. The van der Waals surface area contributed by atoms with Crippen molar-refractivity contribution in [1.29, 1.82) is 0 Å². The maximum atomic E-state index is 14.8. The number of aromatic nitrogens is 4. The van der Waals surface area contributed by atoms with E-state index in [-0.39, 0.29) is 17.0 Å². The van der Waals surface area contributed by atoms with E-state index in [9.17, 15) is 13.6 Å². The largest absolute Gasteiger partial charge is 0.495 e. The molecule has 0 saturated heterocycles. The molecule has 26 heavy (non-hydrogen) atoms. The number of hydrogen-bond donors (Lipinski definition) is 0. The van der Waals surface area contributed by atoms with E-state index in [1.54, 1.807) is 14.1 Å². The van der Waals surface area contributed by atoms with Gasteiger partial charge in [0.2, 0.25) is 5.95 Å². The summed E-state index contributed by atoms with van der Waals surface area (Å²) in [5.74, 6) is -1.02. The van der Waals surface area contributed by atoms with Gasteiger partial charge in [0.05, 0.1) is 40.8 Å². The number of imidazole rings is 1. The first kappa shape index (κ1) is 16.2. The Labute approximate surface area is 146 Å². The third-order valence-electron chi connectivity index (χ3n) is 4.51. The smallest absolute Gasteiger partial charge is 0.328 e. The van der Waals surface area contributed by atoms with Gasteiger partial charge >= 0.3 is 5.69 Å². The maximum Gasteiger partial charge on any atom is 0.328 e. The molecule has 0 fully saturated rings. The molecule has 0 aliphatic rings. The van der Waals surface area contributed by atoms with Gasteiger partial charge < -0.3 is 4.74 Å². The zero-order chi connectivity index (χ0) is 18.6. The quantitative estimate of drug-likeness (QED) is 0.518. The number of nitrogens with zero attached hydrogens (tertiary/aromatic N) is 4. The van der Waals surface area contributed by atoms with E-state index in [0.717, 1.165) is 6.07 Å². The van der Waals surface area contributed by atoms with Crippen LogP contribution in [-0.4, -0.2) is 26.2 Å². The van der Waals surface area contributed by atoms with E-state index in [2.05, 4.69) is 9.97 Å². The number of hydrogen-bond acceptors (Lipinski definition) is 4. The molecule has 0 amide bonds. The average molecular weight is 356 g/mol. The molecular formula is C18H14F2N4O2. The Bertz CT molecular complexity index is 1230. The van der Waals surface area contributed by atoms with Crippen LogP contribution >= 0.6 is 0 Å². The normalized spacial score (nSPS) is 11.4. The van der Waals surface area contributed by atoms with Crippen LogP contribution in [0.1, 0.15) is 0 Å². The summed E-state index contributed by atoms with van der Waals surface area (Å²) in [6.45, 7) is 0. The number of benzene rings is 1. The summed E-state index contributed by atoms with van der Waals surface area (Å²) in [4.78, 5) is 20.2. The summed E-state index contributed by atoms with van der Waals surface area (Å²) in [7, 11) is 4.68. The molecule has 6 nitrogen and oxygen atoms in total. The Morgan fingerprint density at radius 1 is 1.08 bits per heavy atom. The Kier molecular flexibility index (Phi) is 3.50. The van der Waals surface area contributed by atoms with Crippen LogP contribution in [0.4, 0.5) is 8.78 Å². The van der Waals surface area contributed by atoms with Crippen LogP contribution < -0.4 is 10.4 Å². The highest BCUT2D eigenvalue weighted by Gasteiger charge is 2.22. The molecule has 0 N–H and O–H groups in total. The predicted octanol–water partition coefficient (Wildman–Crippen LogP) is 2.77. The molecule has 0 bridgehead atoms. The van der Waals surface area contributed by atoms with E-state index in [1.165, 1.54) is 40.8 Å². The summed E-state index contributed by atoms with van der Waals surface area (Å²) < 4.78 is 36.4. The highest BCUT2D eigenvalue weighted by Crippen LogP contribution is 2.40. The van der Waals surface area contributed by atoms with Gasteiger partial charge in [0.15, 0.2) is 0 Å². The fourth-order valence-electron chi connectivity index (χ4n) is 3.27. The monoisotopic (exact) mass is 356 g/mol. The molecule has 0 saturated carbocycles. The number of ether oxygens (including phenoxy) is 1. The SMILES string of the molecule is COc1c(-c2ccc(F)nc2)c(F)cc2ncc3c(c12)n(C)c(=O)n3C. The second-order valence-electron chi connectivity index (χ2n) is 5.92. The lowest BCUT2D eigenvalue weighted by molar-refractivity contribution is 0.418. The Morgan fingerprint density at radius 3 is 2.50 bits per heavy atom. The van der Waals surface area contributed by atoms with E-state index in [0.29, 0.717) is 27.5 Å².